The Bertz CT molecular complexity index is 1460. The lowest BCUT2D eigenvalue weighted by Gasteiger charge is -2.40. The van der Waals surface area contributed by atoms with Crippen molar-refractivity contribution in [2.24, 2.45) is 4.99 Å². The van der Waals surface area contributed by atoms with Crippen LogP contribution in [0, 0.1) is 13.8 Å². The van der Waals surface area contributed by atoms with Gasteiger partial charge in [0.05, 0.1) is 41.6 Å². The van der Waals surface area contributed by atoms with E-state index in [1.807, 2.05) is 33.0 Å². The molecule has 2 N–H and O–H groups in total. The molecule has 2 aromatic heterocycles. The van der Waals surface area contributed by atoms with Gasteiger partial charge in [-0.1, -0.05) is 15.9 Å². The van der Waals surface area contributed by atoms with Crippen LogP contribution in [-0.2, 0) is 6.18 Å². The van der Waals surface area contributed by atoms with E-state index < -0.39 is 23.9 Å². The number of fused-ring (bicyclic) bond motifs is 1. The summed E-state index contributed by atoms with van der Waals surface area (Å²) >= 11 is 2.93. The van der Waals surface area contributed by atoms with E-state index in [-0.39, 0.29) is 22.6 Å². The molecule has 38 heavy (non-hydrogen) atoms. The summed E-state index contributed by atoms with van der Waals surface area (Å²) in [6.07, 6.45) is 0.107. The number of piperidine rings is 1. The Hall–Kier alpha value is -3.74. The van der Waals surface area contributed by atoms with Gasteiger partial charge in [-0.2, -0.15) is 18.3 Å². The maximum absolute atomic E-state index is 13.5. The average Bonchev–Trinajstić information content (AvgIpc) is 3.20. The first-order valence-electron chi connectivity index (χ1n) is 11.8. The number of benzene rings is 1. The minimum absolute atomic E-state index is 0.0387. The van der Waals surface area contributed by atoms with E-state index in [1.165, 1.54) is 24.5 Å². The standard InChI is InChI=1S/C25H24BrF3N8O/c1-13-6-15(3)37(34-13)24-33-21-12-35(22(38)16-4-5-20(26)19(8-16)25(27,28)29)14(2)7-17(21)11-36(24)23-31-9-18(30)10-32-23/h4-6,8-11,14,24H,7,12,30H2,1-3H3/t14?,24-/m1/s1. The highest BCUT2D eigenvalue weighted by Gasteiger charge is 2.38. The molecule has 0 spiro atoms. The molecule has 2 atom stereocenters. The number of carbonyl (C=O) groups excluding carboxylic acids is 1. The molecular weight excluding hydrogens is 565 g/mol. The Morgan fingerprint density at radius 1 is 1.16 bits per heavy atom. The van der Waals surface area contributed by atoms with Gasteiger partial charge in [0.2, 0.25) is 12.2 Å². The van der Waals surface area contributed by atoms with Crippen LogP contribution < -0.4 is 10.6 Å². The van der Waals surface area contributed by atoms with Gasteiger partial charge in [0.1, 0.15) is 0 Å². The topological polar surface area (TPSA) is 106 Å². The maximum atomic E-state index is 13.5. The number of hydrogen-bond acceptors (Lipinski definition) is 7. The third kappa shape index (κ3) is 4.77. The summed E-state index contributed by atoms with van der Waals surface area (Å²) in [5, 5.41) is 4.59. The van der Waals surface area contributed by atoms with Crippen molar-refractivity contribution >= 4 is 39.2 Å². The van der Waals surface area contributed by atoms with Crippen LogP contribution in [0.5, 0.6) is 0 Å². The van der Waals surface area contributed by atoms with E-state index in [1.54, 1.807) is 14.5 Å². The average molecular weight is 589 g/mol. The molecule has 5 rings (SSSR count). The first-order chi connectivity index (χ1) is 17.9. The number of anilines is 2. The summed E-state index contributed by atoms with van der Waals surface area (Å²) < 4.78 is 42.0. The van der Waals surface area contributed by atoms with Gasteiger partial charge in [-0.05, 0) is 57.0 Å². The molecular formula is C25H24BrF3N8O. The number of alkyl halides is 3. The number of likely N-dealkylation sites (tertiary alicyclic amines) is 1. The van der Waals surface area contributed by atoms with Crippen molar-refractivity contribution in [1.82, 2.24) is 24.6 Å². The molecule has 2 aliphatic rings. The second-order valence-electron chi connectivity index (χ2n) is 9.35. The van der Waals surface area contributed by atoms with Crippen LogP contribution >= 0.6 is 15.9 Å². The Morgan fingerprint density at radius 2 is 1.87 bits per heavy atom. The lowest BCUT2D eigenvalue weighted by molar-refractivity contribution is -0.138. The normalized spacial score (nSPS) is 19.7. The smallest absolute Gasteiger partial charge is 0.396 e. The zero-order valence-electron chi connectivity index (χ0n) is 20.7. The highest BCUT2D eigenvalue weighted by Crippen LogP contribution is 2.37. The number of halogens is 4. The molecule has 0 saturated carbocycles. The fourth-order valence-corrected chi connectivity index (χ4v) is 5.11. The first-order valence-corrected chi connectivity index (χ1v) is 12.6. The lowest BCUT2D eigenvalue weighted by atomic mass is 9.94. The Balaban J connectivity index is 1.51. The summed E-state index contributed by atoms with van der Waals surface area (Å²) in [5.74, 6) is -0.114. The van der Waals surface area contributed by atoms with Crippen molar-refractivity contribution in [2.75, 3.05) is 17.2 Å². The summed E-state index contributed by atoms with van der Waals surface area (Å²) in [4.78, 5) is 30.4. The zero-order valence-corrected chi connectivity index (χ0v) is 22.3. The van der Waals surface area contributed by atoms with E-state index >= 15 is 0 Å². The van der Waals surface area contributed by atoms with Crippen molar-refractivity contribution < 1.29 is 18.0 Å². The number of nitrogens with two attached hydrogens (primary N) is 1. The maximum Gasteiger partial charge on any atom is 0.417 e. The van der Waals surface area contributed by atoms with Gasteiger partial charge in [0, 0.05) is 28.0 Å². The summed E-state index contributed by atoms with van der Waals surface area (Å²) in [6, 6.07) is 5.15. The number of nitrogen functional groups attached to an aromatic ring is 1. The van der Waals surface area contributed by atoms with Crippen molar-refractivity contribution in [3.8, 4) is 0 Å². The van der Waals surface area contributed by atoms with E-state index in [4.69, 9.17) is 10.7 Å². The van der Waals surface area contributed by atoms with Crippen LogP contribution in [0.1, 0.15) is 46.9 Å². The number of carbonyl (C=O) groups is 1. The molecule has 1 fully saturated rings. The number of aryl methyl sites for hydroxylation is 2. The van der Waals surface area contributed by atoms with Crippen LogP contribution in [0.15, 0.2) is 57.9 Å². The number of nitrogens with zero attached hydrogens (tertiary/aromatic N) is 7. The number of amides is 1. The van der Waals surface area contributed by atoms with Crippen molar-refractivity contribution in [3.05, 3.63) is 75.4 Å². The Kier molecular flexibility index (Phi) is 6.49. The van der Waals surface area contributed by atoms with Gasteiger partial charge in [-0.25, -0.2) is 19.6 Å². The van der Waals surface area contributed by atoms with Crippen molar-refractivity contribution in [1.29, 1.82) is 0 Å². The third-order valence-electron chi connectivity index (χ3n) is 6.49. The summed E-state index contributed by atoms with van der Waals surface area (Å²) in [6.45, 7) is 5.78. The van der Waals surface area contributed by atoms with Crippen LogP contribution in [0.2, 0.25) is 0 Å². The molecule has 0 bridgehead atoms. The lowest BCUT2D eigenvalue weighted by Crippen LogP contribution is -2.49. The molecule has 1 aromatic carbocycles. The van der Waals surface area contributed by atoms with Gasteiger partial charge in [0.25, 0.3) is 5.91 Å². The zero-order chi connectivity index (χ0) is 27.4. The number of rotatable bonds is 3. The number of hydrogen-bond donors (Lipinski definition) is 1. The molecule has 1 saturated heterocycles. The highest BCUT2D eigenvalue weighted by atomic mass is 79.9. The van der Waals surface area contributed by atoms with Gasteiger partial charge in [0.15, 0.2) is 0 Å². The quantitative estimate of drug-likeness (QED) is 0.467. The molecule has 198 valence electrons. The van der Waals surface area contributed by atoms with Gasteiger partial charge in [-0.3, -0.25) is 9.69 Å². The Labute approximate surface area is 225 Å². The Morgan fingerprint density at radius 3 is 2.50 bits per heavy atom. The van der Waals surface area contributed by atoms with E-state index in [0.29, 0.717) is 23.8 Å². The van der Waals surface area contributed by atoms with Gasteiger partial charge >= 0.3 is 6.18 Å². The monoisotopic (exact) mass is 588 g/mol. The molecule has 9 nitrogen and oxygen atoms in total. The third-order valence-corrected chi connectivity index (χ3v) is 7.18. The molecule has 0 radical (unpaired) electrons. The highest BCUT2D eigenvalue weighted by molar-refractivity contribution is 9.10. The van der Waals surface area contributed by atoms with Gasteiger partial charge in [-0.15, -0.1) is 0 Å². The van der Waals surface area contributed by atoms with E-state index in [0.717, 1.165) is 23.0 Å². The van der Waals surface area contributed by atoms with Crippen LogP contribution in [0.25, 0.3) is 0 Å². The molecule has 3 aromatic rings. The SMILES string of the molecule is Cc1cc(C)n([C@@H]2N=C3CN(C(=O)c4ccc(Br)c(C(F)(F)F)c4)C(C)CC3=CN2c2ncc(N)cn2)n1. The van der Waals surface area contributed by atoms with E-state index in [9.17, 15) is 18.0 Å². The van der Waals surface area contributed by atoms with E-state index in [2.05, 4.69) is 31.0 Å². The fourth-order valence-electron chi connectivity index (χ4n) is 4.64. The van der Waals surface area contributed by atoms with Gasteiger partial charge < -0.3 is 10.6 Å². The van der Waals surface area contributed by atoms with Crippen LogP contribution in [0.3, 0.4) is 0 Å². The number of aliphatic imine (C=N–C) groups is 1. The van der Waals surface area contributed by atoms with Crippen LogP contribution in [0.4, 0.5) is 24.8 Å². The fraction of sp³-hybridized carbons (Fsp3) is 0.320. The largest absolute Gasteiger partial charge is 0.417 e. The molecule has 13 heteroatoms. The first kappa shape index (κ1) is 25.9. The predicted octanol–water partition coefficient (Wildman–Crippen LogP) is 4.89. The molecule has 1 amide bonds. The predicted molar refractivity (Wildman–Crippen MR) is 139 cm³/mol. The second kappa shape index (κ2) is 9.53. The molecule has 0 aliphatic carbocycles. The summed E-state index contributed by atoms with van der Waals surface area (Å²) in [7, 11) is 0. The second-order valence-corrected chi connectivity index (χ2v) is 10.2. The minimum atomic E-state index is -4.59. The molecule has 4 heterocycles. The van der Waals surface area contributed by atoms with Crippen molar-refractivity contribution in [2.45, 2.75) is 45.7 Å². The summed E-state index contributed by atoms with van der Waals surface area (Å²) in [5.41, 5.74) is 8.46. The molecule has 1 unspecified atom stereocenters. The van der Waals surface area contributed by atoms with Crippen LogP contribution in [-0.4, -0.2) is 48.9 Å². The van der Waals surface area contributed by atoms with Crippen molar-refractivity contribution in [3.63, 3.8) is 0 Å². The minimum Gasteiger partial charge on any atom is -0.396 e. The molecule has 2 aliphatic heterocycles. The number of aromatic nitrogens is 4.